The van der Waals surface area contributed by atoms with Crippen molar-refractivity contribution in [1.29, 1.82) is 0 Å². The first-order valence-electron chi connectivity index (χ1n) is 6.49. The van der Waals surface area contributed by atoms with E-state index >= 15 is 0 Å². The number of anilines is 2. The SMILES string of the molecule is CSc1cccc(NC(=O)c2c[nH]c3cc(N)ccc23)c1. The van der Waals surface area contributed by atoms with Gasteiger partial charge in [-0.3, -0.25) is 4.79 Å². The first-order valence-corrected chi connectivity index (χ1v) is 7.72. The van der Waals surface area contributed by atoms with Crippen molar-refractivity contribution < 1.29 is 4.79 Å². The van der Waals surface area contributed by atoms with Gasteiger partial charge in [-0.1, -0.05) is 6.07 Å². The number of nitrogens with two attached hydrogens (primary N) is 1. The van der Waals surface area contributed by atoms with Crippen molar-refractivity contribution in [3.63, 3.8) is 0 Å². The van der Waals surface area contributed by atoms with Gasteiger partial charge in [-0.05, 0) is 42.7 Å². The number of benzene rings is 2. The lowest BCUT2D eigenvalue weighted by molar-refractivity contribution is 0.102. The largest absolute Gasteiger partial charge is 0.399 e. The summed E-state index contributed by atoms with van der Waals surface area (Å²) in [6.45, 7) is 0. The Morgan fingerprint density at radius 1 is 1.24 bits per heavy atom. The van der Waals surface area contributed by atoms with Crippen molar-refractivity contribution in [2.45, 2.75) is 4.90 Å². The molecule has 3 aromatic rings. The van der Waals surface area contributed by atoms with Crippen LogP contribution in [-0.4, -0.2) is 17.1 Å². The molecule has 0 fully saturated rings. The molecular weight excluding hydrogens is 282 g/mol. The highest BCUT2D eigenvalue weighted by Gasteiger charge is 2.12. The molecular formula is C16H15N3OS. The van der Waals surface area contributed by atoms with Crippen LogP contribution < -0.4 is 11.1 Å². The molecule has 5 heteroatoms. The predicted molar refractivity (Wildman–Crippen MR) is 88.9 cm³/mol. The Hall–Kier alpha value is -2.40. The third-order valence-corrected chi connectivity index (χ3v) is 4.00. The normalized spacial score (nSPS) is 10.7. The van der Waals surface area contributed by atoms with Gasteiger partial charge in [0.25, 0.3) is 5.91 Å². The van der Waals surface area contributed by atoms with Crippen LogP contribution in [0.25, 0.3) is 10.9 Å². The summed E-state index contributed by atoms with van der Waals surface area (Å²) in [6, 6.07) is 13.2. The molecule has 0 aliphatic rings. The maximum Gasteiger partial charge on any atom is 0.257 e. The Morgan fingerprint density at radius 2 is 2.10 bits per heavy atom. The summed E-state index contributed by atoms with van der Waals surface area (Å²) in [5, 5.41) is 3.79. The van der Waals surface area contributed by atoms with Gasteiger partial charge in [0.1, 0.15) is 0 Å². The fourth-order valence-electron chi connectivity index (χ4n) is 2.23. The number of hydrogen-bond acceptors (Lipinski definition) is 3. The highest BCUT2D eigenvalue weighted by atomic mass is 32.2. The van der Waals surface area contributed by atoms with Crippen molar-refractivity contribution in [1.82, 2.24) is 4.98 Å². The van der Waals surface area contributed by atoms with Crippen molar-refractivity contribution in [2.75, 3.05) is 17.3 Å². The number of carbonyl (C=O) groups is 1. The first kappa shape index (κ1) is 13.6. The molecule has 1 aromatic heterocycles. The summed E-state index contributed by atoms with van der Waals surface area (Å²) in [6.07, 6.45) is 3.71. The molecule has 3 rings (SSSR count). The molecule has 0 spiro atoms. The molecule has 2 aromatic carbocycles. The van der Waals surface area contributed by atoms with E-state index in [1.807, 2.05) is 42.7 Å². The first-order chi connectivity index (χ1) is 10.2. The van der Waals surface area contributed by atoms with E-state index in [2.05, 4.69) is 10.3 Å². The van der Waals surface area contributed by atoms with Gasteiger partial charge in [0.05, 0.1) is 5.56 Å². The lowest BCUT2D eigenvalue weighted by Gasteiger charge is -2.06. The number of carbonyl (C=O) groups excluding carboxylic acids is 1. The number of rotatable bonds is 3. The smallest absolute Gasteiger partial charge is 0.257 e. The van der Waals surface area contributed by atoms with Crippen LogP contribution in [-0.2, 0) is 0 Å². The molecule has 0 atom stereocenters. The van der Waals surface area contributed by atoms with Gasteiger partial charge in [-0.25, -0.2) is 0 Å². The zero-order valence-electron chi connectivity index (χ0n) is 11.5. The minimum atomic E-state index is -0.135. The number of fused-ring (bicyclic) bond motifs is 1. The van der Waals surface area contributed by atoms with Gasteiger partial charge < -0.3 is 16.0 Å². The maximum atomic E-state index is 12.4. The summed E-state index contributed by atoms with van der Waals surface area (Å²) in [5.41, 5.74) is 8.67. The van der Waals surface area contributed by atoms with E-state index in [-0.39, 0.29) is 5.91 Å². The van der Waals surface area contributed by atoms with Crippen LogP contribution in [0.3, 0.4) is 0 Å². The van der Waals surface area contributed by atoms with Crippen molar-refractivity contribution in [2.24, 2.45) is 0 Å². The van der Waals surface area contributed by atoms with Crippen LogP contribution >= 0.6 is 11.8 Å². The molecule has 4 nitrogen and oxygen atoms in total. The Bertz CT molecular complexity index is 810. The summed E-state index contributed by atoms with van der Waals surface area (Å²) in [5.74, 6) is -0.135. The van der Waals surface area contributed by atoms with Gasteiger partial charge in [0.15, 0.2) is 0 Å². The number of hydrogen-bond donors (Lipinski definition) is 3. The summed E-state index contributed by atoms with van der Waals surface area (Å²) in [7, 11) is 0. The standard InChI is InChI=1S/C16H15N3OS/c1-21-12-4-2-3-11(8-12)19-16(20)14-9-18-15-7-10(17)5-6-13(14)15/h2-9,18H,17H2,1H3,(H,19,20). The molecule has 0 saturated heterocycles. The van der Waals surface area contributed by atoms with Gasteiger partial charge in [-0.2, -0.15) is 0 Å². The topological polar surface area (TPSA) is 70.9 Å². The lowest BCUT2D eigenvalue weighted by Crippen LogP contribution is -2.11. The van der Waals surface area contributed by atoms with E-state index in [1.165, 1.54) is 0 Å². The molecule has 0 aliphatic heterocycles. The molecule has 4 N–H and O–H groups in total. The zero-order valence-corrected chi connectivity index (χ0v) is 12.3. The van der Waals surface area contributed by atoms with E-state index in [4.69, 9.17) is 5.73 Å². The van der Waals surface area contributed by atoms with Gasteiger partial charge in [0.2, 0.25) is 0 Å². The second-order valence-electron chi connectivity index (χ2n) is 4.69. The predicted octanol–water partition coefficient (Wildman–Crippen LogP) is 3.72. The van der Waals surface area contributed by atoms with Crippen LogP contribution in [0.2, 0.25) is 0 Å². The third kappa shape index (κ3) is 2.73. The average Bonchev–Trinajstić information content (AvgIpc) is 2.90. The zero-order chi connectivity index (χ0) is 14.8. The minimum absolute atomic E-state index is 0.135. The maximum absolute atomic E-state index is 12.4. The second-order valence-corrected chi connectivity index (χ2v) is 5.57. The van der Waals surface area contributed by atoms with Crippen LogP contribution in [0.5, 0.6) is 0 Å². The number of nitrogens with one attached hydrogen (secondary N) is 2. The lowest BCUT2D eigenvalue weighted by atomic mass is 10.1. The van der Waals surface area contributed by atoms with Gasteiger partial charge in [-0.15, -0.1) is 11.8 Å². The summed E-state index contributed by atoms with van der Waals surface area (Å²) < 4.78 is 0. The monoisotopic (exact) mass is 297 g/mol. The second kappa shape index (κ2) is 5.54. The van der Waals surface area contributed by atoms with Crippen molar-refractivity contribution >= 4 is 39.9 Å². The van der Waals surface area contributed by atoms with Gasteiger partial charge in [0, 0.05) is 33.4 Å². The molecule has 21 heavy (non-hydrogen) atoms. The molecule has 1 heterocycles. The van der Waals surface area contributed by atoms with Crippen LogP contribution in [0, 0.1) is 0 Å². The van der Waals surface area contributed by atoms with Crippen LogP contribution in [0.4, 0.5) is 11.4 Å². The van der Waals surface area contributed by atoms with Crippen LogP contribution in [0.15, 0.2) is 53.6 Å². The molecule has 0 unspecified atom stereocenters. The average molecular weight is 297 g/mol. The Morgan fingerprint density at radius 3 is 2.90 bits per heavy atom. The van der Waals surface area contributed by atoms with Crippen molar-refractivity contribution in [3.8, 4) is 0 Å². The molecule has 106 valence electrons. The molecule has 0 radical (unpaired) electrons. The third-order valence-electron chi connectivity index (χ3n) is 3.28. The number of thioether (sulfide) groups is 1. The van der Waals surface area contributed by atoms with Crippen LogP contribution in [0.1, 0.15) is 10.4 Å². The quantitative estimate of drug-likeness (QED) is 0.509. The number of nitrogen functional groups attached to an aromatic ring is 1. The number of amides is 1. The van der Waals surface area contributed by atoms with E-state index in [0.29, 0.717) is 11.3 Å². The van der Waals surface area contributed by atoms with E-state index in [9.17, 15) is 4.79 Å². The van der Waals surface area contributed by atoms with E-state index < -0.39 is 0 Å². The Kier molecular flexibility index (Phi) is 3.58. The molecule has 0 bridgehead atoms. The Labute approximate surface area is 126 Å². The number of H-pyrrole nitrogens is 1. The molecule has 1 amide bonds. The highest BCUT2D eigenvalue weighted by Crippen LogP contribution is 2.23. The summed E-state index contributed by atoms with van der Waals surface area (Å²) in [4.78, 5) is 16.6. The number of aromatic nitrogens is 1. The van der Waals surface area contributed by atoms with E-state index in [1.54, 1.807) is 24.0 Å². The summed E-state index contributed by atoms with van der Waals surface area (Å²) >= 11 is 1.64. The Balaban J connectivity index is 1.90. The molecule has 0 saturated carbocycles. The fraction of sp³-hybridized carbons (Fsp3) is 0.0625. The van der Waals surface area contributed by atoms with Crippen molar-refractivity contribution in [3.05, 3.63) is 54.2 Å². The minimum Gasteiger partial charge on any atom is -0.399 e. The van der Waals surface area contributed by atoms with E-state index in [0.717, 1.165) is 21.5 Å². The van der Waals surface area contributed by atoms with Gasteiger partial charge >= 0.3 is 0 Å². The molecule has 0 aliphatic carbocycles. The number of aromatic amines is 1. The highest BCUT2D eigenvalue weighted by molar-refractivity contribution is 7.98. The fourth-order valence-corrected chi connectivity index (χ4v) is 2.69.